The van der Waals surface area contributed by atoms with Crippen LogP contribution in [0.4, 0.5) is 10.1 Å². The molecule has 0 aliphatic rings. The van der Waals surface area contributed by atoms with Crippen molar-refractivity contribution >= 4 is 23.3 Å². The fourth-order valence-electron chi connectivity index (χ4n) is 0.929. The smallest absolute Gasteiger partial charge is 0.307 e. The molecule has 0 spiro atoms. The van der Waals surface area contributed by atoms with Crippen molar-refractivity contribution in [2.75, 3.05) is 5.73 Å². The summed E-state index contributed by atoms with van der Waals surface area (Å²) in [6, 6.07) is 2.67. The maximum absolute atomic E-state index is 13.2. The highest BCUT2D eigenvalue weighted by Gasteiger charge is 2.13. The van der Waals surface area contributed by atoms with Crippen molar-refractivity contribution in [1.29, 1.82) is 0 Å². The average Bonchev–Trinajstić information content (AvgIpc) is 2.05. The third kappa shape index (κ3) is 2.09. The van der Waals surface area contributed by atoms with E-state index in [4.69, 9.17) is 22.4 Å². The lowest BCUT2D eigenvalue weighted by molar-refractivity contribution is -0.136. The van der Waals surface area contributed by atoms with E-state index in [9.17, 15) is 9.18 Å². The third-order valence-electron chi connectivity index (χ3n) is 1.54. The molecular formula is C8H7ClFNO2. The molecule has 0 saturated heterocycles. The molecule has 70 valence electrons. The summed E-state index contributed by atoms with van der Waals surface area (Å²) in [4.78, 5) is 10.3. The van der Waals surface area contributed by atoms with Crippen molar-refractivity contribution in [3.63, 3.8) is 0 Å². The standard InChI is InChI=1S/C8H7ClFNO2/c9-5-1-2-6(11)8(10)4(5)3-7(12)13/h1-2H,3,11H2,(H,12,13). The molecule has 5 heteroatoms. The highest BCUT2D eigenvalue weighted by atomic mass is 35.5. The molecule has 0 saturated carbocycles. The molecule has 0 aromatic heterocycles. The van der Waals surface area contributed by atoms with Crippen LogP contribution in [0, 0.1) is 5.82 Å². The van der Waals surface area contributed by atoms with Gasteiger partial charge in [-0.3, -0.25) is 4.79 Å². The van der Waals surface area contributed by atoms with Crippen molar-refractivity contribution < 1.29 is 14.3 Å². The van der Waals surface area contributed by atoms with Crippen molar-refractivity contribution in [3.8, 4) is 0 Å². The van der Waals surface area contributed by atoms with E-state index < -0.39 is 18.2 Å². The van der Waals surface area contributed by atoms with Gasteiger partial charge in [0.2, 0.25) is 0 Å². The van der Waals surface area contributed by atoms with Crippen LogP contribution in [0.3, 0.4) is 0 Å². The van der Waals surface area contributed by atoms with Crippen LogP contribution in [0.5, 0.6) is 0 Å². The number of benzene rings is 1. The van der Waals surface area contributed by atoms with E-state index in [1.54, 1.807) is 0 Å². The molecular weight excluding hydrogens is 197 g/mol. The summed E-state index contributed by atoms with van der Waals surface area (Å²) in [5.74, 6) is -1.90. The summed E-state index contributed by atoms with van der Waals surface area (Å²) in [5, 5.41) is 8.52. The number of hydrogen-bond acceptors (Lipinski definition) is 2. The van der Waals surface area contributed by atoms with E-state index in [-0.39, 0.29) is 16.3 Å². The zero-order valence-electron chi connectivity index (χ0n) is 6.55. The van der Waals surface area contributed by atoms with Gasteiger partial charge in [0.25, 0.3) is 0 Å². The number of anilines is 1. The first-order valence-electron chi connectivity index (χ1n) is 3.46. The van der Waals surface area contributed by atoms with Crippen LogP contribution in [0.2, 0.25) is 5.02 Å². The minimum atomic E-state index is -1.15. The van der Waals surface area contributed by atoms with Crippen LogP contribution in [0.25, 0.3) is 0 Å². The lowest BCUT2D eigenvalue weighted by atomic mass is 10.1. The highest BCUT2D eigenvalue weighted by molar-refractivity contribution is 6.31. The zero-order chi connectivity index (χ0) is 10.0. The number of hydrogen-bond donors (Lipinski definition) is 2. The SMILES string of the molecule is Nc1ccc(Cl)c(CC(=O)O)c1F. The van der Waals surface area contributed by atoms with Crippen molar-refractivity contribution in [2.24, 2.45) is 0 Å². The van der Waals surface area contributed by atoms with Gasteiger partial charge in [-0.2, -0.15) is 0 Å². The van der Waals surface area contributed by atoms with Crippen molar-refractivity contribution in [1.82, 2.24) is 0 Å². The fraction of sp³-hybridized carbons (Fsp3) is 0.125. The number of carboxylic acid groups (broad SMARTS) is 1. The lowest BCUT2D eigenvalue weighted by Crippen LogP contribution is -2.05. The maximum Gasteiger partial charge on any atom is 0.307 e. The summed E-state index contributed by atoms with van der Waals surface area (Å²) in [6.07, 6.45) is -0.463. The molecule has 3 nitrogen and oxygen atoms in total. The first kappa shape index (κ1) is 9.80. The molecule has 0 amide bonds. The normalized spacial score (nSPS) is 10.0. The van der Waals surface area contributed by atoms with Crippen molar-refractivity contribution in [3.05, 3.63) is 28.5 Å². The number of aliphatic carboxylic acids is 1. The second-order valence-corrected chi connectivity index (χ2v) is 2.91. The molecule has 0 aliphatic heterocycles. The van der Waals surface area contributed by atoms with Crippen LogP contribution < -0.4 is 5.73 Å². The molecule has 1 aromatic carbocycles. The first-order valence-corrected chi connectivity index (χ1v) is 3.84. The molecule has 0 atom stereocenters. The monoisotopic (exact) mass is 203 g/mol. The van der Waals surface area contributed by atoms with E-state index in [0.717, 1.165) is 0 Å². The van der Waals surface area contributed by atoms with Gasteiger partial charge in [0.15, 0.2) is 5.82 Å². The summed E-state index contributed by atoms with van der Waals surface area (Å²) >= 11 is 5.59. The second-order valence-electron chi connectivity index (χ2n) is 2.50. The lowest BCUT2D eigenvalue weighted by Gasteiger charge is -2.04. The Balaban J connectivity index is 3.17. The Morgan fingerprint density at radius 2 is 2.23 bits per heavy atom. The Morgan fingerprint density at radius 1 is 1.62 bits per heavy atom. The van der Waals surface area contributed by atoms with Crippen LogP contribution >= 0.6 is 11.6 Å². The van der Waals surface area contributed by atoms with Gasteiger partial charge >= 0.3 is 5.97 Å². The van der Waals surface area contributed by atoms with Crippen LogP contribution in [-0.2, 0) is 11.2 Å². The summed E-state index contributed by atoms with van der Waals surface area (Å²) in [6.45, 7) is 0. The predicted octanol–water partition coefficient (Wildman–Crippen LogP) is 1.69. The molecule has 0 aliphatic carbocycles. The van der Waals surface area contributed by atoms with Gasteiger partial charge < -0.3 is 10.8 Å². The largest absolute Gasteiger partial charge is 0.481 e. The predicted molar refractivity (Wildman–Crippen MR) is 47.2 cm³/mol. The topological polar surface area (TPSA) is 63.3 Å². The molecule has 0 radical (unpaired) electrons. The Morgan fingerprint density at radius 3 is 2.77 bits per heavy atom. The van der Waals surface area contributed by atoms with Crippen LogP contribution in [0.1, 0.15) is 5.56 Å². The van der Waals surface area contributed by atoms with E-state index in [1.165, 1.54) is 12.1 Å². The fourth-order valence-corrected chi connectivity index (χ4v) is 1.14. The number of rotatable bonds is 2. The molecule has 0 bridgehead atoms. The minimum absolute atomic E-state index is 0.0748. The Bertz CT molecular complexity index is 354. The molecule has 0 heterocycles. The summed E-state index contributed by atoms with van der Waals surface area (Å²) < 4.78 is 13.2. The molecule has 13 heavy (non-hydrogen) atoms. The molecule has 0 fully saturated rings. The molecule has 3 N–H and O–H groups in total. The van der Waals surface area contributed by atoms with E-state index in [0.29, 0.717) is 0 Å². The number of nitrogens with two attached hydrogens (primary N) is 1. The van der Waals surface area contributed by atoms with Gasteiger partial charge in [-0.25, -0.2) is 4.39 Å². The van der Waals surface area contributed by atoms with Gasteiger partial charge in [0.1, 0.15) is 0 Å². The molecule has 1 rings (SSSR count). The Hall–Kier alpha value is -1.29. The number of halogens is 2. The van der Waals surface area contributed by atoms with Gasteiger partial charge in [-0.05, 0) is 12.1 Å². The minimum Gasteiger partial charge on any atom is -0.481 e. The zero-order valence-corrected chi connectivity index (χ0v) is 7.31. The Kier molecular flexibility index (Phi) is 2.72. The van der Waals surface area contributed by atoms with Gasteiger partial charge in [0, 0.05) is 10.6 Å². The van der Waals surface area contributed by atoms with E-state index >= 15 is 0 Å². The molecule has 1 aromatic rings. The average molecular weight is 204 g/mol. The Labute approximate surface area is 78.9 Å². The number of carbonyl (C=O) groups is 1. The quantitative estimate of drug-likeness (QED) is 0.719. The first-order chi connectivity index (χ1) is 6.02. The second kappa shape index (κ2) is 3.62. The number of nitrogen functional groups attached to an aromatic ring is 1. The highest BCUT2D eigenvalue weighted by Crippen LogP contribution is 2.24. The maximum atomic E-state index is 13.2. The van der Waals surface area contributed by atoms with Crippen LogP contribution in [0.15, 0.2) is 12.1 Å². The summed E-state index contributed by atoms with van der Waals surface area (Å²) in [7, 11) is 0. The summed E-state index contributed by atoms with van der Waals surface area (Å²) in [5.41, 5.74) is 5.07. The van der Waals surface area contributed by atoms with E-state index in [1.807, 2.05) is 0 Å². The van der Waals surface area contributed by atoms with Crippen molar-refractivity contribution in [2.45, 2.75) is 6.42 Å². The van der Waals surface area contributed by atoms with Gasteiger partial charge in [-0.1, -0.05) is 11.6 Å². The van der Waals surface area contributed by atoms with Gasteiger partial charge in [-0.15, -0.1) is 0 Å². The number of carboxylic acids is 1. The van der Waals surface area contributed by atoms with Crippen LogP contribution in [-0.4, -0.2) is 11.1 Å². The van der Waals surface area contributed by atoms with Gasteiger partial charge in [0.05, 0.1) is 12.1 Å². The third-order valence-corrected chi connectivity index (χ3v) is 1.90. The molecule has 0 unspecified atom stereocenters. The van der Waals surface area contributed by atoms with E-state index in [2.05, 4.69) is 0 Å².